The molecule has 0 saturated heterocycles. The molecule has 4 rings (SSSR count). The molecule has 0 spiro atoms. The van der Waals surface area contributed by atoms with Gasteiger partial charge in [0.1, 0.15) is 5.75 Å². The van der Waals surface area contributed by atoms with E-state index in [4.69, 9.17) is 9.47 Å². The summed E-state index contributed by atoms with van der Waals surface area (Å²) in [7, 11) is 0. The van der Waals surface area contributed by atoms with Crippen molar-refractivity contribution in [3.05, 3.63) is 90.6 Å². The van der Waals surface area contributed by atoms with Crippen LogP contribution in [0.1, 0.15) is 44.9 Å². The molecule has 0 saturated carbocycles. The Morgan fingerprint density at radius 2 is 1.78 bits per heavy atom. The molecule has 36 heavy (non-hydrogen) atoms. The van der Waals surface area contributed by atoms with Gasteiger partial charge in [0.2, 0.25) is 5.91 Å². The minimum absolute atomic E-state index is 0.155. The van der Waals surface area contributed by atoms with Crippen molar-refractivity contribution in [1.82, 2.24) is 4.57 Å². The number of benzene rings is 2. The molecule has 1 atom stereocenters. The number of esters is 1. The van der Waals surface area contributed by atoms with Crippen LogP contribution in [-0.2, 0) is 14.3 Å². The Morgan fingerprint density at radius 3 is 2.39 bits per heavy atom. The van der Waals surface area contributed by atoms with Crippen LogP contribution in [0.3, 0.4) is 0 Å². The summed E-state index contributed by atoms with van der Waals surface area (Å²) in [4.78, 5) is 43.0. The van der Waals surface area contributed by atoms with Crippen LogP contribution in [-0.4, -0.2) is 29.7 Å². The van der Waals surface area contributed by atoms with E-state index < -0.39 is 12.0 Å². The fourth-order valence-corrected chi connectivity index (χ4v) is 5.08. The molecule has 9 heteroatoms. The van der Waals surface area contributed by atoms with Crippen LogP contribution in [0.4, 0.5) is 5.69 Å². The first-order valence-electron chi connectivity index (χ1n) is 11.6. The number of aromatic nitrogens is 1. The number of nitrogens with one attached hydrogen (secondary N) is 1. The topological polar surface area (TPSA) is 99.0 Å². The second-order valence-corrected chi connectivity index (χ2v) is 9.12. The zero-order chi connectivity index (χ0) is 25.8. The van der Waals surface area contributed by atoms with E-state index in [0.717, 1.165) is 11.1 Å². The maximum absolute atomic E-state index is 13.6. The van der Waals surface area contributed by atoms with E-state index in [1.807, 2.05) is 43.3 Å². The van der Waals surface area contributed by atoms with Crippen molar-refractivity contribution in [2.75, 3.05) is 18.5 Å². The third kappa shape index (κ3) is 5.16. The van der Waals surface area contributed by atoms with Gasteiger partial charge in [0.15, 0.2) is 4.80 Å². The van der Waals surface area contributed by atoms with Crippen LogP contribution in [0.2, 0.25) is 0 Å². The first-order valence-corrected chi connectivity index (χ1v) is 12.4. The Bertz CT molecular complexity index is 1500. The number of ether oxygens (including phenoxy) is 2. The molecule has 1 N–H and O–H groups in total. The van der Waals surface area contributed by atoms with Crippen LogP contribution in [0.15, 0.2) is 69.6 Å². The quantitative estimate of drug-likeness (QED) is 0.498. The highest BCUT2D eigenvalue weighted by molar-refractivity contribution is 7.07. The minimum Gasteiger partial charge on any atom is -0.494 e. The lowest BCUT2D eigenvalue weighted by molar-refractivity contribution is -0.139. The zero-order valence-corrected chi connectivity index (χ0v) is 21.3. The van der Waals surface area contributed by atoms with Gasteiger partial charge in [-0.05, 0) is 62.2 Å². The summed E-state index contributed by atoms with van der Waals surface area (Å²) < 4.78 is 12.9. The molecule has 186 valence electrons. The number of amides is 1. The number of fused-ring (bicyclic) bond motifs is 1. The summed E-state index contributed by atoms with van der Waals surface area (Å²) in [6.45, 7) is 7.60. The number of hydrogen-bond donors (Lipinski definition) is 1. The summed E-state index contributed by atoms with van der Waals surface area (Å²) in [5.74, 6) is 0.0494. The molecule has 0 aliphatic carbocycles. The molecule has 1 aliphatic heterocycles. The molecule has 2 aromatic carbocycles. The Labute approximate surface area is 212 Å². The minimum atomic E-state index is -0.680. The van der Waals surface area contributed by atoms with Crippen LogP contribution < -0.4 is 24.9 Å². The maximum Gasteiger partial charge on any atom is 0.338 e. The van der Waals surface area contributed by atoms with Crippen LogP contribution in [0.5, 0.6) is 5.75 Å². The molecular weight excluding hydrogens is 478 g/mol. The van der Waals surface area contributed by atoms with E-state index in [0.29, 0.717) is 38.6 Å². The average molecular weight is 506 g/mol. The number of hydrogen-bond acceptors (Lipinski definition) is 7. The van der Waals surface area contributed by atoms with E-state index in [1.165, 1.54) is 18.3 Å². The summed E-state index contributed by atoms with van der Waals surface area (Å²) >= 11 is 1.26. The van der Waals surface area contributed by atoms with Crippen molar-refractivity contribution in [2.24, 2.45) is 4.99 Å². The smallest absolute Gasteiger partial charge is 0.338 e. The van der Waals surface area contributed by atoms with Crippen molar-refractivity contribution in [2.45, 2.75) is 33.7 Å². The largest absolute Gasteiger partial charge is 0.494 e. The van der Waals surface area contributed by atoms with E-state index in [1.54, 1.807) is 36.6 Å². The molecule has 2 heterocycles. The van der Waals surface area contributed by atoms with Gasteiger partial charge in [-0.1, -0.05) is 35.6 Å². The number of thiazole rings is 1. The van der Waals surface area contributed by atoms with Gasteiger partial charge < -0.3 is 14.8 Å². The second-order valence-electron chi connectivity index (χ2n) is 8.11. The van der Waals surface area contributed by atoms with Gasteiger partial charge in [0.25, 0.3) is 5.56 Å². The van der Waals surface area contributed by atoms with Gasteiger partial charge in [0, 0.05) is 12.6 Å². The molecule has 0 unspecified atom stereocenters. The molecule has 8 nitrogen and oxygen atoms in total. The number of rotatable bonds is 7. The normalized spacial score (nSPS) is 15.2. The molecule has 0 radical (unpaired) electrons. The average Bonchev–Trinajstić information content (AvgIpc) is 3.14. The Balaban J connectivity index is 1.84. The first-order chi connectivity index (χ1) is 17.3. The van der Waals surface area contributed by atoms with Crippen molar-refractivity contribution >= 4 is 35.0 Å². The molecule has 1 aromatic heterocycles. The first kappa shape index (κ1) is 25.1. The van der Waals surface area contributed by atoms with Gasteiger partial charge >= 0.3 is 5.97 Å². The predicted octanol–water partition coefficient (Wildman–Crippen LogP) is 3.16. The predicted molar refractivity (Wildman–Crippen MR) is 139 cm³/mol. The third-order valence-electron chi connectivity index (χ3n) is 5.55. The summed E-state index contributed by atoms with van der Waals surface area (Å²) in [5, 5.41) is 2.72. The van der Waals surface area contributed by atoms with Crippen LogP contribution in [0, 0.1) is 0 Å². The number of nitrogens with zero attached hydrogens (tertiary/aromatic N) is 2. The SMILES string of the molecule is CCOC(=O)C1=C(C)N=c2s/c(=C/c3ccc(NC(C)=O)cc3)c(=O)n2[C@H]1c1ccc(OCC)cc1. The number of carbonyl (C=O) groups excluding carboxylic acids is 2. The molecular formula is C27H27N3O5S. The summed E-state index contributed by atoms with van der Waals surface area (Å²) in [6, 6.07) is 13.9. The van der Waals surface area contributed by atoms with E-state index >= 15 is 0 Å². The Morgan fingerprint density at radius 1 is 1.08 bits per heavy atom. The second kappa shape index (κ2) is 10.7. The standard InChI is InChI=1S/C27H27N3O5S/c1-5-34-21-13-9-19(10-14-21)24-23(26(33)35-6-2)16(3)28-27-30(24)25(32)22(36-27)15-18-7-11-20(12-8-18)29-17(4)31/h7-15,24H,5-6H2,1-4H3,(H,29,31)/b22-15+/t24-/m0/s1. The van der Waals surface area contributed by atoms with Crippen LogP contribution >= 0.6 is 11.3 Å². The van der Waals surface area contributed by atoms with Crippen molar-refractivity contribution in [3.63, 3.8) is 0 Å². The van der Waals surface area contributed by atoms with Gasteiger partial charge in [-0.15, -0.1) is 0 Å². The monoisotopic (exact) mass is 505 g/mol. The number of carbonyl (C=O) groups is 2. The van der Waals surface area contributed by atoms with Gasteiger partial charge in [0.05, 0.1) is 35.1 Å². The van der Waals surface area contributed by atoms with Gasteiger partial charge in [-0.2, -0.15) is 0 Å². The van der Waals surface area contributed by atoms with E-state index in [9.17, 15) is 14.4 Å². The Hall–Kier alpha value is -3.98. The Kier molecular flexibility index (Phi) is 7.49. The summed E-state index contributed by atoms with van der Waals surface area (Å²) in [6.07, 6.45) is 1.78. The van der Waals surface area contributed by atoms with Crippen molar-refractivity contribution < 1.29 is 19.1 Å². The van der Waals surface area contributed by atoms with Crippen molar-refractivity contribution in [3.8, 4) is 5.75 Å². The molecule has 1 aliphatic rings. The fourth-order valence-electron chi connectivity index (χ4n) is 4.04. The number of allylic oxidation sites excluding steroid dienone is 1. The lowest BCUT2D eigenvalue weighted by atomic mass is 9.96. The maximum atomic E-state index is 13.6. The van der Waals surface area contributed by atoms with Gasteiger partial charge in [-0.3, -0.25) is 14.2 Å². The molecule has 1 amide bonds. The lowest BCUT2D eigenvalue weighted by Gasteiger charge is -2.24. The number of anilines is 1. The molecule has 0 fully saturated rings. The zero-order valence-electron chi connectivity index (χ0n) is 20.5. The fraction of sp³-hybridized carbons (Fsp3) is 0.259. The van der Waals surface area contributed by atoms with Crippen molar-refractivity contribution in [1.29, 1.82) is 0 Å². The molecule has 3 aromatic rings. The van der Waals surface area contributed by atoms with Crippen LogP contribution in [0.25, 0.3) is 6.08 Å². The highest BCUT2D eigenvalue weighted by Gasteiger charge is 2.33. The van der Waals surface area contributed by atoms with Gasteiger partial charge in [-0.25, -0.2) is 9.79 Å². The van der Waals surface area contributed by atoms with E-state index in [-0.39, 0.29) is 18.1 Å². The summed E-state index contributed by atoms with van der Waals surface area (Å²) in [5.41, 5.74) is 2.82. The lowest BCUT2D eigenvalue weighted by Crippen LogP contribution is -2.39. The highest BCUT2D eigenvalue weighted by atomic mass is 32.1. The highest BCUT2D eigenvalue weighted by Crippen LogP contribution is 2.31. The van der Waals surface area contributed by atoms with E-state index in [2.05, 4.69) is 10.3 Å². The molecule has 0 bridgehead atoms. The third-order valence-corrected chi connectivity index (χ3v) is 6.54.